The van der Waals surface area contributed by atoms with E-state index >= 15 is 0 Å². The molecule has 1 aromatic rings. The Morgan fingerprint density at radius 2 is 1.77 bits per heavy atom. The molecule has 2 rings (SSSR count). The van der Waals surface area contributed by atoms with Crippen LogP contribution < -0.4 is 16.0 Å². The van der Waals surface area contributed by atoms with Gasteiger partial charge in [0.15, 0.2) is 5.92 Å². The van der Waals surface area contributed by atoms with Crippen molar-refractivity contribution in [2.75, 3.05) is 17.2 Å². The van der Waals surface area contributed by atoms with E-state index in [9.17, 15) is 19.2 Å². The fourth-order valence-corrected chi connectivity index (χ4v) is 2.51. The van der Waals surface area contributed by atoms with Crippen LogP contribution in [0.15, 0.2) is 48.7 Å². The van der Waals surface area contributed by atoms with E-state index in [-0.39, 0.29) is 12.5 Å². The summed E-state index contributed by atoms with van der Waals surface area (Å²) in [5, 5.41) is 7.85. The van der Waals surface area contributed by atoms with Crippen LogP contribution in [0.25, 0.3) is 0 Å². The second-order valence-corrected chi connectivity index (χ2v) is 5.59. The molecule has 0 saturated carbocycles. The minimum absolute atomic E-state index is 0.0108. The van der Waals surface area contributed by atoms with Gasteiger partial charge >= 0.3 is 6.03 Å². The lowest BCUT2D eigenvalue weighted by Crippen LogP contribution is -2.58. The van der Waals surface area contributed by atoms with E-state index in [1.165, 1.54) is 13.0 Å². The number of carbonyl (C=O) groups excluding carboxylic acids is 4. The first-order chi connectivity index (χ1) is 12.4. The average Bonchev–Trinajstić information content (AvgIpc) is 2.58. The highest BCUT2D eigenvalue weighted by atomic mass is 16.2. The molecule has 26 heavy (non-hydrogen) atoms. The number of rotatable bonds is 6. The number of barbiturate groups is 1. The molecule has 0 unspecified atom stereocenters. The summed E-state index contributed by atoms with van der Waals surface area (Å²) in [4.78, 5) is 48.6. The van der Waals surface area contributed by atoms with Crippen LogP contribution in [-0.2, 0) is 14.4 Å². The van der Waals surface area contributed by atoms with Gasteiger partial charge in [-0.1, -0.05) is 12.2 Å². The van der Waals surface area contributed by atoms with Crippen molar-refractivity contribution in [2.24, 2.45) is 5.92 Å². The maximum atomic E-state index is 12.6. The van der Waals surface area contributed by atoms with Gasteiger partial charge in [-0.25, -0.2) is 4.79 Å². The molecule has 0 aliphatic carbocycles. The molecule has 0 spiro atoms. The van der Waals surface area contributed by atoms with Gasteiger partial charge in [-0.3, -0.25) is 24.6 Å². The summed E-state index contributed by atoms with van der Waals surface area (Å²) >= 11 is 0. The maximum absolute atomic E-state index is 12.6. The lowest BCUT2D eigenvalue weighted by molar-refractivity contribution is -0.140. The zero-order valence-electron chi connectivity index (χ0n) is 14.5. The zero-order chi connectivity index (χ0) is 19.3. The fraction of sp³-hybridized carbons (Fsp3) is 0.222. The van der Waals surface area contributed by atoms with Crippen molar-refractivity contribution >= 4 is 35.1 Å². The van der Waals surface area contributed by atoms with Gasteiger partial charge in [0.1, 0.15) is 0 Å². The summed E-state index contributed by atoms with van der Waals surface area (Å²) in [6.07, 6.45) is 3.01. The summed E-state index contributed by atoms with van der Waals surface area (Å²) in [5.41, 5.74) is 1.60. The summed E-state index contributed by atoms with van der Waals surface area (Å²) in [7, 11) is 0. The van der Waals surface area contributed by atoms with Crippen molar-refractivity contribution in [1.29, 1.82) is 0 Å². The number of nitrogens with one attached hydrogen (secondary N) is 3. The topological polar surface area (TPSA) is 108 Å². The van der Waals surface area contributed by atoms with Gasteiger partial charge in [-0.15, -0.1) is 6.58 Å². The standard InChI is InChI=1S/C18H20N4O4/c1-4-10-22-17(25)15(16(24)21-18(22)26)14(5-2)20-13-8-6-12(7-9-13)19-11(3)23/h4-9,15,20H,1,10H2,2-3H3,(H,19,23)(H,21,24,26)/b14-5+/t15-/m1/s1. The first kappa shape index (κ1) is 18.9. The molecule has 1 aromatic carbocycles. The van der Waals surface area contributed by atoms with Crippen LogP contribution in [0.3, 0.4) is 0 Å². The van der Waals surface area contributed by atoms with Crippen LogP contribution in [0.1, 0.15) is 13.8 Å². The largest absolute Gasteiger partial charge is 0.358 e. The fourth-order valence-electron chi connectivity index (χ4n) is 2.51. The van der Waals surface area contributed by atoms with E-state index in [2.05, 4.69) is 22.5 Å². The molecule has 1 aliphatic rings. The summed E-state index contributed by atoms with van der Waals surface area (Å²) in [5.74, 6) is -2.64. The van der Waals surface area contributed by atoms with Crippen molar-refractivity contribution in [3.63, 3.8) is 0 Å². The predicted octanol–water partition coefficient (Wildman–Crippen LogP) is 1.84. The van der Waals surface area contributed by atoms with Gasteiger partial charge in [0.05, 0.1) is 0 Å². The number of anilines is 2. The molecule has 1 atom stereocenters. The molecular formula is C18H20N4O4. The highest BCUT2D eigenvalue weighted by molar-refractivity contribution is 6.18. The van der Waals surface area contributed by atoms with Crippen LogP contribution in [0.4, 0.5) is 16.2 Å². The second kappa shape index (κ2) is 8.11. The molecule has 1 saturated heterocycles. The molecule has 0 radical (unpaired) electrons. The monoisotopic (exact) mass is 356 g/mol. The van der Waals surface area contributed by atoms with Crippen molar-refractivity contribution in [2.45, 2.75) is 13.8 Å². The molecule has 1 heterocycles. The number of carbonyl (C=O) groups is 4. The number of hydrogen-bond acceptors (Lipinski definition) is 5. The van der Waals surface area contributed by atoms with E-state index in [0.717, 1.165) is 4.90 Å². The Morgan fingerprint density at radius 3 is 2.27 bits per heavy atom. The lowest BCUT2D eigenvalue weighted by atomic mass is 9.99. The van der Waals surface area contributed by atoms with E-state index in [1.54, 1.807) is 37.3 Å². The first-order valence-corrected chi connectivity index (χ1v) is 7.95. The van der Waals surface area contributed by atoms with E-state index in [1.807, 2.05) is 0 Å². The SMILES string of the molecule is C=CCN1C(=O)NC(=O)[C@@H](/C(=C\C)Nc2ccc(NC(C)=O)cc2)C1=O. The smallest absolute Gasteiger partial charge is 0.331 e. The molecule has 3 N–H and O–H groups in total. The molecule has 8 heteroatoms. The average molecular weight is 356 g/mol. The summed E-state index contributed by atoms with van der Waals surface area (Å²) in [6.45, 7) is 6.61. The Labute approximate surface area is 150 Å². The quantitative estimate of drug-likeness (QED) is 0.532. The third-order valence-corrected chi connectivity index (χ3v) is 3.68. The van der Waals surface area contributed by atoms with Crippen molar-refractivity contribution in [1.82, 2.24) is 10.2 Å². The molecule has 0 aromatic heterocycles. The Balaban J connectivity index is 2.20. The van der Waals surface area contributed by atoms with Gasteiger partial charge in [-0.2, -0.15) is 0 Å². The van der Waals surface area contributed by atoms with Gasteiger partial charge < -0.3 is 10.6 Å². The lowest BCUT2D eigenvalue weighted by Gasteiger charge is -2.31. The molecule has 1 aliphatic heterocycles. The molecule has 0 bridgehead atoms. The minimum Gasteiger partial charge on any atom is -0.358 e. The normalized spacial score (nSPS) is 17.6. The van der Waals surface area contributed by atoms with Crippen molar-refractivity contribution in [3.8, 4) is 0 Å². The number of imide groups is 2. The predicted molar refractivity (Wildman–Crippen MR) is 97.1 cm³/mol. The van der Waals surface area contributed by atoms with Gasteiger partial charge in [0.25, 0.3) is 0 Å². The Bertz CT molecular complexity index is 783. The Hall–Kier alpha value is -3.42. The van der Waals surface area contributed by atoms with Gasteiger partial charge in [0.2, 0.25) is 17.7 Å². The van der Waals surface area contributed by atoms with E-state index < -0.39 is 23.8 Å². The number of urea groups is 1. The number of hydrogen-bond donors (Lipinski definition) is 3. The molecule has 8 nitrogen and oxygen atoms in total. The summed E-state index contributed by atoms with van der Waals surface area (Å²) < 4.78 is 0. The molecular weight excluding hydrogens is 336 g/mol. The number of benzene rings is 1. The van der Waals surface area contributed by atoms with Gasteiger partial charge in [-0.05, 0) is 31.2 Å². The second-order valence-electron chi connectivity index (χ2n) is 5.59. The minimum atomic E-state index is -1.16. The van der Waals surface area contributed by atoms with Crippen LogP contribution in [0.2, 0.25) is 0 Å². The summed E-state index contributed by atoms with van der Waals surface area (Å²) in [6, 6.07) is 6.02. The van der Waals surface area contributed by atoms with Crippen LogP contribution in [0, 0.1) is 5.92 Å². The maximum Gasteiger partial charge on any atom is 0.331 e. The van der Waals surface area contributed by atoms with Crippen molar-refractivity contribution < 1.29 is 19.2 Å². The highest BCUT2D eigenvalue weighted by Gasteiger charge is 2.41. The molecule has 1 fully saturated rings. The number of nitrogens with zero attached hydrogens (tertiary/aromatic N) is 1. The third-order valence-electron chi connectivity index (χ3n) is 3.68. The number of allylic oxidation sites excluding steroid dienone is 1. The van der Waals surface area contributed by atoms with E-state index in [4.69, 9.17) is 0 Å². The zero-order valence-corrected chi connectivity index (χ0v) is 14.5. The van der Waals surface area contributed by atoms with Crippen LogP contribution in [-0.4, -0.2) is 35.2 Å². The van der Waals surface area contributed by atoms with E-state index in [0.29, 0.717) is 17.1 Å². The van der Waals surface area contributed by atoms with Crippen LogP contribution >= 0.6 is 0 Å². The molecule has 136 valence electrons. The molecule has 5 amide bonds. The number of amides is 5. The van der Waals surface area contributed by atoms with Crippen molar-refractivity contribution in [3.05, 3.63) is 48.7 Å². The highest BCUT2D eigenvalue weighted by Crippen LogP contribution is 2.23. The Morgan fingerprint density at radius 1 is 1.19 bits per heavy atom. The van der Waals surface area contributed by atoms with Crippen LogP contribution in [0.5, 0.6) is 0 Å². The third kappa shape index (κ3) is 4.15. The first-order valence-electron chi connectivity index (χ1n) is 7.95. The van der Waals surface area contributed by atoms with Gasteiger partial charge in [0, 0.05) is 30.5 Å². The Kier molecular flexibility index (Phi) is 5.90.